The van der Waals surface area contributed by atoms with Crippen LogP contribution in [0.3, 0.4) is 0 Å². The zero-order chi connectivity index (χ0) is 28.9. The molecule has 208 valence electrons. The SMILES string of the molecule is COc1ccc(-c2nc(-c3cc(C(=O)O)c(C)n3C(CCC(N)=O)C(c3ccccc3)c3ccccc3)cs2)cc1. The number of nitrogens with two attached hydrogens (primary N) is 1. The predicted octanol–water partition coefficient (Wildman–Crippen LogP) is 6.93. The zero-order valence-corrected chi connectivity index (χ0v) is 23.7. The molecule has 7 nitrogen and oxygen atoms in total. The van der Waals surface area contributed by atoms with Crippen molar-refractivity contribution in [3.05, 3.63) is 119 Å². The number of methoxy groups -OCH3 is 1. The number of benzene rings is 3. The Morgan fingerprint density at radius 2 is 1.59 bits per heavy atom. The van der Waals surface area contributed by atoms with E-state index in [9.17, 15) is 14.7 Å². The predicted molar refractivity (Wildman–Crippen MR) is 161 cm³/mol. The minimum atomic E-state index is -1.02. The molecule has 8 heteroatoms. The molecule has 5 aromatic rings. The summed E-state index contributed by atoms with van der Waals surface area (Å²) >= 11 is 1.49. The molecule has 0 aliphatic carbocycles. The Bertz CT molecular complexity index is 1600. The highest BCUT2D eigenvalue weighted by Crippen LogP contribution is 2.43. The third-order valence-electron chi connectivity index (χ3n) is 7.35. The molecular formula is C33H31N3O4S. The first-order valence-electron chi connectivity index (χ1n) is 13.3. The van der Waals surface area contributed by atoms with Crippen molar-refractivity contribution in [2.24, 2.45) is 5.73 Å². The van der Waals surface area contributed by atoms with Crippen LogP contribution >= 0.6 is 11.3 Å². The third kappa shape index (κ3) is 5.93. The summed E-state index contributed by atoms with van der Waals surface area (Å²) in [6, 6.07) is 29.2. The first-order valence-corrected chi connectivity index (χ1v) is 14.2. The summed E-state index contributed by atoms with van der Waals surface area (Å²) in [6.07, 6.45) is 0.565. The van der Waals surface area contributed by atoms with Gasteiger partial charge in [0.15, 0.2) is 0 Å². The first kappa shape index (κ1) is 27.9. The molecule has 1 unspecified atom stereocenters. The fraction of sp³-hybridized carbons (Fsp3) is 0.182. The molecule has 2 heterocycles. The smallest absolute Gasteiger partial charge is 0.337 e. The molecule has 0 spiro atoms. The number of ether oxygens (including phenoxy) is 1. The maximum Gasteiger partial charge on any atom is 0.337 e. The van der Waals surface area contributed by atoms with Crippen LogP contribution in [0.25, 0.3) is 22.0 Å². The number of nitrogens with zero attached hydrogens (tertiary/aromatic N) is 2. The lowest BCUT2D eigenvalue weighted by Crippen LogP contribution is -2.24. The van der Waals surface area contributed by atoms with Gasteiger partial charge in [-0.05, 0) is 54.8 Å². The van der Waals surface area contributed by atoms with Crippen LogP contribution in [-0.2, 0) is 4.79 Å². The Labute approximate surface area is 242 Å². The second kappa shape index (κ2) is 12.2. The number of amides is 1. The first-order chi connectivity index (χ1) is 19.9. The maximum atomic E-state index is 12.4. The minimum absolute atomic E-state index is 0.147. The minimum Gasteiger partial charge on any atom is -0.497 e. The lowest BCUT2D eigenvalue weighted by Gasteiger charge is -2.32. The number of aromatic nitrogens is 2. The molecule has 0 saturated carbocycles. The Morgan fingerprint density at radius 1 is 0.976 bits per heavy atom. The summed E-state index contributed by atoms with van der Waals surface area (Å²) in [5.41, 5.74) is 10.9. The normalized spacial score (nSPS) is 11.9. The van der Waals surface area contributed by atoms with Crippen LogP contribution in [0.2, 0.25) is 0 Å². The van der Waals surface area contributed by atoms with Gasteiger partial charge in [-0.15, -0.1) is 11.3 Å². The quantitative estimate of drug-likeness (QED) is 0.181. The fourth-order valence-corrected chi connectivity index (χ4v) is 6.23. The van der Waals surface area contributed by atoms with Crippen molar-refractivity contribution in [3.63, 3.8) is 0 Å². The monoisotopic (exact) mass is 565 g/mol. The Kier molecular flexibility index (Phi) is 8.31. The highest BCUT2D eigenvalue weighted by Gasteiger charge is 2.32. The summed E-state index contributed by atoms with van der Waals surface area (Å²) in [5.74, 6) is -0.845. The number of primary amides is 1. The van der Waals surface area contributed by atoms with Crippen LogP contribution in [0.5, 0.6) is 5.75 Å². The van der Waals surface area contributed by atoms with Gasteiger partial charge in [0, 0.05) is 35.0 Å². The van der Waals surface area contributed by atoms with Gasteiger partial charge in [0.2, 0.25) is 5.91 Å². The van der Waals surface area contributed by atoms with E-state index in [0.717, 1.165) is 27.4 Å². The van der Waals surface area contributed by atoms with E-state index >= 15 is 0 Å². The van der Waals surface area contributed by atoms with E-state index in [-0.39, 0.29) is 23.9 Å². The lowest BCUT2D eigenvalue weighted by molar-refractivity contribution is -0.118. The van der Waals surface area contributed by atoms with Gasteiger partial charge in [-0.3, -0.25) is 4.79 Å². The van der Waals surface area contributed by atoms with Gasteiger partial charge in [0.25, 0.3) is 0 Å². The van der Waals surface area contributed by atoms with Crippen LogP contribution in [0.1, 0.15) is 52.0 Å². The third-order valence-corrected chi connectivity index (χ3v) is 8.24. The number of aromatic carboxylic acids is 1. The van der Waals surface area contributed by atoms with E-state index < -0.39 is 11.9 Å². The largest absolute Gasteiger partial charge is 0.497 e. The van der Waals surface area contributed by atoms with Crippen molar-refractivity contribution in [1.29, 1.82) is 0 Å². The number of carbonyl (C=O) groups is 2. The molecule has 5 rings (SSSR count). The van der Waals surface area contributed by atoms with Gasteiger partial charge in [-0.25, -0.2) is 9.78 Å². The molecule has 1 atom stereocenters. The van der Waals surface area contributed by atoms with Crippen LogP contribution in [0, 0.1) is 6.92 Å². The molecule has 1 amide bonds. The summed E-state index contributed by atoms with van der Waals surface area (Å²) in [5, 5.41) is 12.9. The second-order valence-corrected chi connectivity index (χ2v) is 10.7. The summed E-state index contributed by atoms with van der Waals surface area (Å²) in [4.78, 5) is 29.4. The molecule has 0 saturated heterocycles. The number of hydrogen-bond acceptors (Lipinski definition) is 5. The maximum absolute atomic E-state index is 12.4. The van der Waals surface area contributed by atoms with E-state index in [1.165, 1.54) is 11.3 Å². The Hall–Kier alpha value is -4.69. The standard InChI is InChI=1S/C33H31N3O4S/c1-21-26(33(38)39)19-29(27-20-41-32(35-27)24-13-15-25(40-2)16-14-24)36(21)28(17-18-30(34)37)31(22-9-5-3-6-10-22)23-11-7-4-8-12-23/h3-16,19-20,28,31H,17-18H2,1-2H3,(H2,34,37)(H,38,39). The topological polar surface area (TPSA) is 107 Å². The summed E-state index contributed by atoms with van der Waals surface area (Å²) < 4.78 is 7.33. The molecule has 3 N–H and O–H groups in total. The number of carboxylic acids is 1. The van der Waals surface area contributed by atoms with Crippen LogP contribution in [0.15, 0.2) is 96.4 Å². The average Bonchev–Trinajstić information content (AvgIpc) is 3.61. The van der Waals surface area contributed by atoms with Crippen molar-refractivity contribution in [2.75, 3.05) is 7.11 Å². The second-order valence-electron chi connectivity index (χ2n) is 9.84. The van der Waals surface area contributed by atoms with Gasteiger partial charge in [-0.1, -0.05) is 60.7 Å². The molecule has 0 aliphatic heterocycles. The molecule has 41 heavy (non-hydrogen) atoms. The highest BCUT2D eigenvalue weighted by atomic mass is 32.1. The fourth-order valence-electron chi connectivity index (χ4n) is 5.41. The Balaban J connectivity index is 1.70. The van der Waals surface area contributed by atoms with Crippen LogP contribution in [0.4, 0.5) is 0 Å². The van der Waals surface area contributed by atoms with E-state index in [1.54, 1.807) is 13.2 Å². The van der Waals surface area contributed by atoms with Crippen molar-refractivity contribution in [2.45, 2.75) is 31.7 Å². The zero-order valence-electron chi connectivity index (χ0n) is 22.9. The van der Waals surface area contributed by atoms with E-state index in [4.69, 9.17) is 15.5 Å². The van der Waals surface area contributed by atoms with E-state index in [2.05, 4.69) is 24.3 Å². The Morgan fingerprint density at radius 3 is 2.12 bits per heavy atom. The van der Waals surface area contributed by atoms with Gasteiger partial charge in [0.05, 0.1) is 24.1 Å². The molecule has 2 aromatic heterocycles. The van der Waals surface area contributed by atoms with Gasteiger partial charge >= 0.3 is 5.97 Å². The van der Waals surface area contributed by atoms with E-state index in [1.807, 2.05) is 77.5 Å². The van der Waals surface area contributed by atoms with Gasteiger partial charge in [0.1, 0.15) is 10.8 Å². The molecule has 0 radical (unpaired) electrons. The molecule has 0 aliphatic rings. The number of hydrogen-bond donors (Lipinski definition) is 2. The molecule has 0 bridgehead atoms. The summed E-state index contributed by atoms with van der Waals surface area (Å²) in [7, 11) is 1.62. The number of thiazole rings is 1. The van der Waals surface area contributed by atoms with Crippen LogP contribution in [-0.4, -0.2) is 33.6 Å². The number of rotatable bonds is 11. The molecular weight excluding hydrogens is 534 g/mol. The summed E-state index contributed by atoms with van der Waals surface area (Å²) in [6.45, 7) is 1.81. The van der Waals surface area contributed by atoms with Crippen LogP contribution < -0.4 is 10.5 Å². The van der Waals surface area contributed by atoms with E-state index in [0.29, 0.717) is 23.5 Å². The van der Waals surface area contributed by atoms with Crippen molar-refractivity contribution >= 4 is 23.2 Å². The van der Waals surface area contributed by atoms with Crippen molar-refractivity contribution < 1.29 is 19.4 Å². The number of carbonyl (C=O) groups excluding carboxylic acids is 1. The lowest BCUT2D eigenvalue weighted by atomic mass is 9.82. The van der Waals surface area contributed by atoms with Gasteiger partial charge in [-0.2, -0.15) is 0 Å². The number of carboxylic acid groups (broad SMARTS) is 1. The van der Waals surface area contributed by atoms with Crippen molar-refractivity contribution in [1.82, 2.24) is 9.55 Å². The van der Waals surface area contributed by atoms with Gasteiger partial charge < -0.3 is 20.1 Å². The molecule has 3 aromatic carbocycles. The highest BCUT2D eigenvalue weighted by molar-refractivity contribution is 7.13. The average molecular weight is 566 g/mol. The molecule has 0 fully saturated rings. The van der Waals surface area contributed by atoms with Crippen molar-refractivity contribution in [3.8, 4) is 27.7 Å².